The molecule has 0 radical (unpaired) electrons. The summed E-state index contributed by atoms with van der Waals surface area (Å²) < 4.78 is 0. The molecular formula is C10H22N2. The van der Waals surface area contributed by atoms with Crippen LogP contribution in [0.25, 0.3) is 0 Å². The summed E-state index contributed by atoms with van der Waals surface area (Å²) >= 11 is 0. The Hall–Kier alpha value is -0.0800. The summed E-state index contributed by atoms with van der Waals surface area (Å²) in [5.74, 6) is 0. The van der Waals surface area contributed by atoms with E-state index in [-0.39, 0.29) is 0 Å². The van der Waals surface area contributed by atoms with E-state index in [1.54, 1.807) is 0 Å². The molecule has 2 heteroatoms. The van der Waals surface area contributed by atoms with Gasteiger partial charge >= 0.3 is 0 Å². The van der Waals surface area contributed by atoms with Gasteiger partial charge in [-0.15, -0.1) is 0 Å². The number of nitrogens with zero attached hydrogens (tertiary/aromatic N) is 1. The lowest BCUT2D eigenvalue weighted by Gasteiger charge is -2.41. The van der Waals surface area contributed by atoms with Gasteiger partial charge in [-0.25, -0.2) is 0 Å². The van der Waals surface area contributed by atoms with Crippen LogP contribution >= 0.6 is 0 Å². The molecule has 1 atom stereocenters. The molecule has 72 valence electrons. The van der Waals surface area contributed by atoms with Crippen LogP contribution in [0.1, 0.15) is 33.6 Å². The molecule has 0 aromatic carbocycles. The van der Waals surface area contributed by atoms with Crippen molar-refractivity contribution in [1.82, 2.24) is 10.2 Å². The van der Waals surface area contributed by atoms with Gasteiger partial charge in [0.2, 0.25) is 0 Å². The fourth-order valence-corrected chi connectivity index (χ4v) is 1.76. The first-order valence-electron chi connectivity index (χ1n) is 5.26. The predicted octanol–water partition coefficient (Wildman–Crippen LogP) is 1.47. The van der Waals surface area contributed by atoms with Crippen LogP contribution in [0.2, 0.25) is 0 Å². The number of nitrogens with one attached hydrogen (secondary N) is 1. The van der Waals surface area contributed by atoms with Gasteiger partial charge in [-0.05, 0) is 26.3 Å². The molecule has 1 rings (SSSR count). The first kappa shape index (κ1) is 10.0. The minimum Gasteiger partial charge on any atom is -0.314 e. The average molecular weight is 170 g/mol. The molecule has 1 N–H and O–H groups in total. The molecule has 1 fully saturated rings. The van der Waals surface area contributed by atoms with E-state index in [9.17, 15) is 0 Å². The molecule has 0 aromatic heterocycles. The van der Waals surface area contributed by atoms with Crippen molar-refractivity contribution in [2.75, 3.05) is 19.6 Å². The van der Waals surface area contributed by atoms with Crippen molar-refractivity contribution in [2.24, 2.45) is 0 Å². The standard InChI is InChI=1S/C10H22N2/c1-4-6-12(9(3)5-2)10-7-11-8-10/h9-11H,4-8H2,1-3H3. The highest BCUT2D eigenvalue weighted by molar-refractivity contribution is 4.86. The molecule has 0 spiro atoms. The molecule has 2 nitrogen and oxygen atoms in total. The van der Waals surface area contributed by atoms with Crippen molar-refractivity contribution in [1.29, 1.82) is 0 Å². The van der Waals surface area contributed by atoms with E-state index in [1.165, 1.54) is 32.5 Å². The SMILES string of the molecule is CCCN(C(C)CC)C1CNC1. The van der Waals surface area contributed by atoms with Gasteiger partial charge in [-0.3, -0.25) is 4.90 Å². The second-order valence-corrected chi connectivity index (χ2v) is 3.81. The first-order chi connectivity index (χ1) is 5.79. The van der Waals surface area contributed by atoms with Gasteiger partial charge in [-0.1, -0.05) is 13.8 Å². The van der Waals surface area contributed by atoms with Crippen LogP contribution in [0.3, 0.4) is 0 Å². The third-order valence-corrected chi connectivity index (χ3v) is 2.87. The molecule has 1 aliphatic heterocycles. The van der Waals surface area contributed by atoms with Gasteiger partial charge in [0.05, 0.1) is 0 Å². The fraction of sp³-hybridized carbons (Fsp3) is 1.00. The lowest BCUT2D eigenvalue weighted by Crippen LogP contribution is -2.59. The second kappa shape index (κ2) is 4.83. The van der Waals surface area contributed by atoms with Crippen molar-refractivity contribution in [3.05, 3.63) is 0 Å². The topological polar surface area (TPSA) is 15.3 Å². The Bertz CT molecular complexity index is 116. The summed E-state index contributed by atoms with van der Waals surface area (Å²) in [7, 11) is 0. The van der Waals surface area contributed by atoms with Crippen molar-refractivity contribution >= 4 is 0 Å². The summed E-state index contributed by atoms with van der Waals surface area (Å²) in [5.41, 5.74) is 0. The molecule has 1 unspecified atom stereocenters. The molecule has 1 heterocycles. The third kappa shape index (κ3) is 2.20. The van der Waals surface area contributed by atoms with Gasteiger partial charge in [-0.2, -0.15) is 0 Å². The van der Waals surface area contributed by atoms with E-state index < -0.39 is 0 Å². The van der Waals surface area contributed by atoms with Crippen LogP contribution in [0, 0.1) is 0 Å². The van der Waals surface area contributed by atoms with Gasteiger partial charge < -0.3 is 5.32 Å². The van der Waals surface area contributed by atoms with E-state index >= 15 is 0 Å². The van der Waals surface area contributed by atoms with Crippen LogP contribution in [-0.2, 0) is 0 Å². The van der Waals surface area contributed by atoms with E-state index in [1.807, 2.05) is 0 Å². The number of hydrogen-bond donors (Lipinski definition) is 1. The van der Waals surface area contributed by atoms with Gasteiger partial charge in [0, 0.05) is 25.2 Å². The quantitative estimate of drug-likeness (QED) is 0.672. The smallest absolute Gasteiger partial charge is 0.0348 e. The highest BCUT2D eigenvalue weighted by Crippen LogP contribution is 2.12. The summed E-state index contributed by atoms with van der Waals surface area (Å²) in [4.78, 5) is 2.65. The van der Waals surface area contributed by atoms with Crippen molar-refractivity contribution < 1.29 is 0 Å². The highest BCUT2D eigenvalue weighted by Gasteiger charge is 2.26. The Labute approximate surface area is 76.3 Å². The average Bonchev–Trinajstić information content (AvgIpc) is 1.99. The lowest BCUT2D eigenvalue weighted by molar-refractivity contribution is 0.101. The molecule has 0 bridgehead atoms. The maximum atomic E-state index is 3.34. The van der Waals surface area contributed by atoms with Gasteiger partial charge in [0.1, 0.15) is 0 Å². The molecule has 0 aromatic rings. The van der Waals surface area contributed by atoms with E-state index in [0.717, 1.165) is 12.1 Å². The zero-order valence-electron chi connectivity index (χ0n) is 8.64. The zero-order valence-corrected chi connectivity index (χ0v) is 8.64. The van der Waals surface area contributed by atoms with Crippen LogP contribution in [0.4, 0.5) is 0 Å². The molecule has 0 amide bonds. The fourth-order valence-electron chi connectivity index (χ4n) is 1.76. The van der Waals surface area contributed by atoms with Crippen molar-refractivity contribution in [2.45, 2.75) is 45.7 Å². The van der Waals surface area contributed by atoms with Crippen LogP contribution in [0.5, 0.6) is 0 Å². The predicted molar refractivity (Wildman–Crippen MR) is 53.4 cm³/mol. The van der Waals surface area contributed by atoms with Crippen molar-refractivity contribution in [3.8, 4) is 0 Å². The van der Waals surface area contributed by atoms with Crippen LogP contribution in [0.15, 0.2) is 0 Å². The highest BCUT2D eigenvalue weighted by atomic mass is 15.2. The molecule has 1 aliphatic rings. The van der Waals surface area contributed by atoms with E-state index in [4.69, 9.17) is 0 Å². The Morgan fingerprint density at radius 2 is 2.08 bits per heavy atom. The molecule has 0 saturated carbocycles. The maximum Gasteiger partial charge on any atom is 0.0348 e. The molecular weight excluding hydrogens is 148 g/mol. The van der Waals surface area contributed by atoms with E-state index in [0.29, 0.717) is 0 Å². The van der Waals surface area contributed by atoms with Gasteiger partial charge in [0.15, 0.2) is 0 Å². The maximum absolute atomic E-state index is 3.34. The molecule has 12 heavy (non-hydrogen) atoms. The second-order valence-electron chi connectivity index (χ2n) is 3.81. The summed E-state index contributed by atoms with van der Waals surface area (Å²) in [6.07, 6.45) is 2.55. The monoisotopic (exact) mass is 170 g/mol. The number of hydrogen-bond acceptors (Lipinski definition) is 2. The lowest BCUT2D eigenvalue weighted by atomic mass is 10.1. The van der Waals surface area contributed by atoms with Gasteiger partial charge in [0.25, 0.3) is 0 Å². The largest absolute Gasteiger partial charge is 0.314 e. The normalized spacial score (nSPS) is 21.0. The zero-order chi connectivity index (χ0) is 8.97. The summed E-state index contributed by atoms with van der Waals surface area (Å²) in [6.45, 7) is 10.5. The summed E-state index contributed by atoms with van der Waals surface area (Å²) in [5, 5.41) is 3.34. The molecule has 1 saturated heterocycles. The summed E-state index contributed by atoms with van der Waals surface area (Å²) in [6, 6.07) is 1.58. The third-order valence-electron chi connectivity index (χ3n) is 2.87. The molecule has 0 aliphatic carbocycles. The van der Waals surface area contributed by atoms with E-state index in [2.05, 4.69) is 31.0 Å². The number of rotatable bonds is 5. The minimum atomic E-state index is 0.761. The van der Waals surface area contributed by atoms with Crippen LogP contribution in [-0.4, -0.2) is 36.6 Å². The van der Waals surface area contributed by atoms with Crippen LogP contribution < -0.4 is 5.32 Å². The van der Waals surface area contributed by atoms with Crippen molar-refractivity contribution in [3.63, 3.8) is 0 Å². The Morgan fingerprint density at radius 1 is 1.42 bits per heavy atom. The Kier molecular flexibility index (Phi) is 4.02. The first-order valence-corrected chi connectivity index (χ1v) is 5.26. The Balaban J connectivity index is 2.35. The Morgan fingerprint density at radius 3 is 2.42 bits per heavy atom. The minimum absolute atomic E-state index is 0.761.